The highest BCUT2D eigenvalue weighted by molar-refractivity contribution is 4.51. The zero-order chi connectivity index (χ0) is 29.3. The molecule has 3 heteroatoms. The molecule has 0 fully saturated rings. The van der Waals surface area contributed by atoms with Crippen LogP contribution < -0.4 is 0 Å². The molecule has 0 saturated heterocycles. The Bertz CT molecular complexity index is 479. The van der Waals surface area contributed by atoms with E-state index in [4.69, 9.17) is 0 Å². The van der Waals surface area contributed by atoms with E-state index in [0.717, 1.165) is 0 Å². The fourth-order valence-electron chi connectivity index (χ4n) is 6.41. The van der Waals surface area contributed by atoms with Crippen LogP contribution in [0.25, 0.3) is 0 Å². The second-order valence-corrected chi connectivity index (χ2v) is 14.9. The van der Waals surface area contributed by atoms with Gasteiger partial charge in [-0.1, -0.05) is 104 Å². The highest BCUT2D eigenvalue weighted by Gasteiger charge is 2.25. The average Bonchev–Trinajstić information content (AvgIpc) is 2.87. The molecule has 0 spiro atoms. The Kier molecular flexibility index (Phi) is 24.4. The second kappa shape index (κ2) is 24.5. The third kappa shape index (κ3) is 25.3. The Morgan fingerprint density at radius 3 is 0.821 bits per heavy atom. The van der Waals surface area contributed by atoms with Gasteiger partial charge in [0.05, 0.1) is 81.1 Å². The average molecular weight is 555 g/mol. The van der Waals surface area contributed by atoms with Crippen LogP contribution in [0, 0.1) is 0 Å². The van der Waals surface area contributed by atoms with Gasteiger partial charge in [-0.3, -0.25) is 0 Å². The van der Waals surface area contributed by atoms with E-state index in [-0.39, 0.29) is 0 Å². The molecule has 0 saturated carbocycles. The molecular weight excluding hydrogens is 474 g/mol. The van der Waals surface area contributed by atoms with Gasteiger partial charge in [0.25, 0.3) is 0 Å². The van der Waals surface area contributed by atoms with Crippen molar-refractivity contribution in [1.82, 2.24) is 0 Å². The van der Waals surface area contributed by atoms with Gasteiger partial charge >= 0.3 is 0 Å². The van der Waals surface area contributed by atoms with Crippen LogP contribution in [0.3, 0.4) is 0 Å². The predicted octanol–water partition coefficient (Wildman–Crippen LogP) is 9.84. The monoisotopic (exact) mass is 555 g/mol. The van der Waals surface area contributed by atoms with Crippen molar-refractivity contribution >= 4 is 0 Å². The number of rotatable bonds is 30. The van der Waals surface area contributed by atoms with Gasteiger partial charge in [0.15, 0.2) is 0 Å². The van der Waals surface area contributed by atoms with Crippen LogP contribution in [0.5, 0.6) is 0 Å². The van der Waals surface area contributed by atoms with Crippen LogP contribution in [0.1, 0.15) is 156 Å². The first-order valence-electron chi connectivity index (χ1n) is 18.1. The van der Waals surface area contributed by atoms with Gasteiger partial charge in [-0.2, -0.15) is 0 Å². The Labute approximate surface area is 249 Å². The van der Waals surface area contributed by atoms with Crippen molar-refractivity contribution in [2.45, 2.75) is 156 Å². The molecule has 0 radical (unpaired) electrons. The van der Waals surface area contributed by atoms with Crippen LogP contribution in [0.4, 0.5) is 0 Å². The fraction of sp³-hybridized carbons (Fsp3) is 1.00. The third-order valence-electron chi connectivity index (χ3n) is 9.46. The second-order valence-electron chi connectivity index (χ2n) is 14.9. The largest absolute Gasteiger partial charge is 0.328 e. The van der Waals surface area contributed by atoms with Crippen molar-refractivity contribution in [3.05, 3.63) is 0 Å². The molecule has 3 nitrogen and oxygen atoms in total. The Balaban J connectivity index is 4.59. The van der Waals surface area contributed by atoms with Crippen molar-refractivity contribution in [3.8, 4) is 0 Å². The summed E-state index contributed by atoms with van der Waals surface area (Å²) in [5.74, 6) is 0. The molecule has 0 bridgehead atoms. The minimum absolute atomic E-state index is 1.22. The summed E-state index contributed by atoms with van der Waals surface area (Å²) >= 11 is 0. The summed E-state index contributed by atoms with van der Waals surface area (Å²) in [5.41, 5.74) is 0. The molecule has 0 aliphatic rings. The summed E-state index contributed by atoms with van der Waals surface area (Å²) in [6.07, 6.45) is 29.7. The van der Waals surface area contributed by atoms with E-state index in [1.54, 1.807) is 0 Å². The topological polar surface area (TPSA) is 0 Å². The third-order valence-corrected chi connectivity index (χ3v) is 9.46. The van der Waals surface area contributed by atoms with E-state index in [0.29, 0.717) is 0 Å². The Morgan fingerprint density at radius 2 is 0.487 bits per heavy atom. The van der Waals surface area contributed by atoms with Crippen LogP contribution in [-0.2, 0) is 0 Å². The summed E-state index contributed by atoms with van der Waals surface area (Å²) in [6.45, 7) is 16.5. The minimum atomic E-state index is 1.22. The molecule has 0 aromatic rings. The van der Waals surface area contributed by atoms with E-state index in [1.807, 2.05) is 0 Å². The van der Waals surface area contributed by atoms with Gasteiger partial charge in [-0.05, 0) is 38.5 Å². The smallest absolute Gasteiger partial charge is 0.0839 e. The van der Waals surface area contributed by atoms with Crippen molar-refractivity contribution in [2.24, 2.45) is 0 Å². The standard InChI is InChI=1S/C36H80N3/c1-9-12-15-18-21-24-27-34-39(8,35-28-32-37(4,5)30-25-22-19-16-13-10-2)36-29-33-38(6,7)31-26-23-20-17-14-11-3/h9-36H2,1-8H3/q+3. The molecule has 0 rings (SSSR count). The Morgan fingerprint density at radius 1 is 0.256 bits per heavy atom. The highest BCUT2D eigenvalue weighted by atomic mass is 15.4. The van der Waals surface area contributed by atoms with E-state index in [2.05, 4.69) is 56.0 Å². The molecule has 0 amide bonds. The maximum Gasteiger partial charge on any atom is 0.0839 e. The lowest BCUT2D eigenvalue weighted by atomic mass is 10.1. The van der Waals surface area contributed by atoms with Crippen molar-refractivity contribution in [2.75, 3.05) is 81.1 Å². The molecule has 0 aliphatic carbocycles. The minimum Gasteiger partial charge on any atom is -0.328 e. The quantitative estimate of drug-likeness (QED) is 0.0612. The number of quaternary nitrogens is 3. The van der Waals surface area contributed by atoms with Gasteiger partial charge in [0.1, 0.15) is 0 Å². The maximum atomic E-state index is 2.60. The number of unbranched alkanes of at least 4 members (excludes halogenated alkanes) is 16. The van der Waals surface area contributed by atoms with E-state index in [9.17, 15) is 0 Å². The highest BCUT2D eigenvalue weighted by Crippen LogP contribution is 2.16. The first kappa shape index (κ1) is 38.9. The summed E-state index contributed by atoms with van der Waals surface area (Å²) in [7, 11) is 12.5. The van der Waals surface area contributed by atoms with Gasteiger partial charge in [-0.25, -0.2) is 0 Å². The molecule has 0 N–H and O–H groups in total. The lowest BCUT2D eigenvalue weighted by Crippen LogP contribution is -2.50. The summed E-state index contributed by atoms with van der Waals surface area (Å²) < 4.78 is 3.74. The van der Waals surface area contributed by atoms with E-state index >= 15 is 0 Å². The normalized spacial score (nSPS) is 12.9. The van der Waals surface area contributed by atoms with Gasteiger partial charge < -0.3 is 13.4 Å². The molecule has 0 aromatic heterocycles. The van der Waals surface area contributed by atoms with Crippen molar-refractivity contribution in [3.63, 3.8) is 0 Å². The summed E-state index contributed by atoms with van der Waals surface area (Å²) in [5, 5.41) is 0. The molecule has 0 aliphatic heterocycles. The first-order chi connectivity index (χ1) is 18.6. The SMILES string of the molecule is CCCCCCCCC[N+](C)(CCC[N+](C)(C)CCCCCCCC)CCC[N+](C)(C)CCCCCCCC. The van der Waals surface area contributed by atoms with Crippen LogP contribution in [-0.4, -0.2) is 94.5 Å². The first-order valence-corrected chi connectivity index (χ1v) is 18.1. The molecular formula is C36H80N3+3. The maximum absolute atomic E-state index is 2.60. The fourth-order valence-corrected chi connectivity index (χ4v) is 6.41. The molecule has 0 unspecified atom stereocenters. The summed E-state index contributed by atoms with van der Waals surface area (Å²) in [6, 6.07) is 0. The zero-order valence-electron chi connectivity index (χ0n) is 29.1. The molecule has 0 aromatic carbocycles. The number of hydrogen-bond acceptors (Lipinski definition) is 0. The van der Waals surface area contributed by atoms with E-state index in [1.165, 1.54) is 194 Å². The van der Waals surface area contributed by atoms with Crippen LogP contribution in [0.2, 0.25) is 0 Å². The molecule has 39 heavy (non-hydrogen) atoms. The molecule has 0 heterocycles. The van der Waals surface area contributed by atoms with Crippen molar-refractivity contribution < 1.29 is 13.4 Å². The lowest BCUT2D eigenvalue weighted by molar-refractivity contribution is -0.928. The van der Waals surface area contributed by atoms with Gasteiger partial charge in [-0.15, -0.1) is 0 Å². The lowest BCUT2D eigenvalue weighted by Gasteiger charge is -2.38. The molecule has 236 valence electrons. The number of hydrogen-bond donors (Lipinski definition) is 0. The van der Waals surface area contributed by atoms with E-state index < -0.39 is 0 Å². The van der Waals surface area contributed by atoms with Crippen molar-refractivity contribution in [1.29, 1.82) is 0 Å². The predicted molar refractivity (Wildman–Crippen MR) is 178 cm³/mol. The van der Waals surface area contributed by atoms with Crippen LogP contribution >= 0.6 is 0 Å². The zero-order valence-corrected chi connectivity index (χ0v) is 29.1. The van der Waals surface area contributed by atoms with Gasteiger partial charge in [0, 0.05) is 12.8 Å². The molecule has 0 atom stereocenters. The number of nitrogens with zero attached hydrogens (tertiary/aromatic N) is 3. The Hall–Kier alpha value is -0.120. The van der Waals surface area contributed by atoms with Gasteiger partial charge in [0.2, 0.25) is 0 Å². The van der Waals surface area contributed by atoms with Crippen LogP contribution in [0.15, 0.2) is 0 Å². The summed E-state index contributed by atoms with van der Waals surface area (Å²) in [4.78, 5) is 0.